The normalized spacial score (nSPS) is 12.5. The molecule has 0 saturated carbocycles. The zero-order chi connectivity index (χ0) is 21.3. The molecule has 3 aromatic carbocycles. The van der Waals surface area contributed by atoms with Crippen LogP contribution in [0, 0.1) is 6.92 Å². The summed E-state index contributed by atoms with van der Waals surface area (Å²) in [6, 6.07) is 15.7. The molecule has 30 heavy (non-hydrogen) atoms. The number of sulfonamides is 1. The van der Waals surface area contributed by atoms with Crippen molar-refractivity contribution < 1.29 is 22.7 Å². The molecule has 1 heterocycles. The Morgan fingerprint density at radius 3 is 2.47 bits per heavy atom. The molecule has 0 saturated heterocycles. The lowest BCUT2D eigenvalue weighted by Crippen LogP contribution is -2.16. The quantitative estimate of drug-likeness (QED) is 0.607. The third kappa shape index (κ3) is 4.19. The lowest BCUT2D eigenvalue weighted by molar-refractivity contribution is 0.102. The Balaban J connectivity index is 1.55. The average Bonchev–Trinajstić information content (AvgIpc) is 3.17. The summed E-state index contributed by atoms with van der Waals surface area (Å²) in [4.78, 5) is 12.7. The van der Waals surface area contributed by atoms with Crippen molar-refractivity contribution in [3.63, 3.8) is 0 Å². The molecule has 3 aromatic rings. The van der Waals surface area contributed by atoms with Crippen LogP contribution in [0.3, 0.4) is 0 Å². The largest absolute Gasteiger partial charge is 0.454 e. The first-order valence-corrected chi connectivity index (χ1v) is 10.8. The molecule has 0 aliphatic carbocycles. The minimum absolute atomic E-state index is 0.0708. The van der Waals surface area contributed by atoms with E-state index in [0.29, 0.717) is 39.0 Å². The molecule has 0 bridgehead atoms. The monoisotopic (exact) mass is 444 g/mol. The second kappa shape index (κ2) is 7.89. The summed E-state index contributed by atoms with van der Waals surface area (Å²) in [6.07, 6.45) is 0. The second-order valence-electron chi connectivity index (χ2n) is 6.61. The summed E-state index contributed by atoms with van der Waals surface area (Å²) >= 11 is 5.83. The van der Waals surface area contributed by atoms with Gasteiger partial charge in [-0.1, -0.05) is 17.7 Å². The molecule has 9 heteroatoms. The van der Waals surface area contributed by atoms with Gasteiger partial charge in [0.2, 0.25) is 6.79 Å². The van der Waals surface area contributed by atoms with E-state index in [0.717, 1.165) is 0 Å². The third-order valence-corrected chi connectivity index (χ3v) is 6.13. The molecule has 1 amide bonds. The fraction of sp³-hybridized carbons (Fsp3) is 0.0952. The summed E-state index contributed by atoms with van der Waals surface area (Å²) < 4.78 is 38.4. The summed E-state index contributed by atoms with van der Waals surface area (Å²) in [6.45, 7) is 1.89. The van der Waals surface area contributed by atoms with Gasteiger partial charge in [0.1, 0.15) is 0 Å². The van der Waals surface area contributed by atoms with E-state index in [2.05, 4.69) is 10.0 Å². The van der Waals surface area contributed by atoms with Crippen LogP contribution in [0.15, 0.2) is 65.6 Å². The van der Waals surface area contributed by atoms with Crippen LogP contribution in [0.25, 0.3) is 0 Å². The number of hydrogen-bond donors (Lipinski definition) is 2. The molecule has 0 atom stereocenters. The predicted molar refractivity (Wildman–Crippen MR) is 114 cm³/mol. The molecular weight excluding hydrogens is 428 g/mol. The third-order valence-electron chi connectivity index (χ3n) is 4.50. The molecule has 0 spiro atoms. The molecule has 1 aliphatic rings. The maximum atomic E-state index is 12.7. The van der Waals surface area contributed by atoms with Gasteiger partial charge in [0, 0.05) is 22.3 Å². The van der Waals surface area contributed by atoms with Crippen molar-refractivity contribution in [2.24, 2.45) is 0 Å². The number of amides is 1. The number of aryl methyl sites for hydroxylation is 1. The Morgan fingerprint density at radius 2 is 1.70 bits per heavy atom. The first-order valence-electron chi connectivity index (χ1n) is 8.92. The number of hydrogen-bond acceptors (Lipinski definition) is 5. The number of anilines is 2. The Hall–Kier alpha value is -3.23. The van der Waals surface area contributed by atoms with Gasteiger partial charge in [-0.05, 0) is 61.0 Å². The van der Waals surface area contributed by atoms with E-state index < -0.39 is 10.0 Å². The Kier molecular flexibility index (Phi) is 5.27. The van der Waals surface area contributed by atoms with Crippen molar-refractivity contribution in [3.8, 4) is 11.5 Å². The number of benzene rings is 3. The maximum Gasteiger partial charge on any atom is 0.261 e. The first kappa shape index (κ1) is 20.1. The molecule has 2 N–H and O–H groups in total. The first-order chi connectivity index (χ1) is 14.3. The van der Waals surface area contributed by atoms with Gasteiger partial charge in [-0.2, -0.15) is 0 Å². The number of halogens is 1. The van der Waals surface area contributed by atoms with E-state index in [1.165, 1.54) is 30.3 Å². The van der Waals surface area contributed by atoms with Gasteiger partial charge >= 0.3 is 0 Å². The molecule has 0 aromatic heterocycles. The van der Waals surface area contributed by atoms with Crippen molar-refractivity contribution >= 4 is 38.9 Å². The van der Waals surface area contributed by atoms with Gasteiger partial charge in [-0.15, -0.1) is 0 Å². The van der Waals surface area contributed by atoms with Crippen molar-refractivity contribution in [3.05, 3.63) is 76.8 Å². The number of nitrogens with one attached hydrogen (secondary N) is 2. The average molecular weight is 445 g/mol. The zero-order valence-corrected chi connectivity index (χ0v) is 17.4. The van der Waals surface area contributed by atoms with E-state index in [-0.39, 0.29) is 17.6 Å². The highest BCUT2D eigenvalue weighted by Crippen LogP contribution is 2.34. The van der Waals surface area contributed by atoms with Crippen molar-refractivity contribution in [2.75, 3.05) is 16.8 Å². The van der Waals surface area contributed by atoms with Crippen molar-refractivity contribution in [1.82, 2.24) is 0 Å². The Bertz CT molecular complexity index is 1230. The van der Waals surface area contributed by atoms with E-state index in [1.807, 2.05) is 0 Å². The van der Waals surface area contributed by atoms with Crippen LogP contribution in [-0.4, -0.2) is 21.1 Å². The van der Waals surface area contributed by atoms with E-state index in [1.54, 1.807) is 37.3 Å². The van der Waals surface area contributed by atoms with Gasteiger partial charge in [-0.25, -0.2) is 8.42 Å². The minimum Gasteiger partial charge on any atom is -0.454 e. The topological polar surface area (TPSA) is 93.7 Å². The predicted octanol–water partition coefficient (Wildman–Crippen LogP) is 4.43. The molecule has 1 aliphatic heterocycles. The molecular formula is C21H17ClN2O5S. The van der Waals surface area contributed by atoms with Crippen LogP contribution < -0.4 is 19.5 Å². The number of fused-ring (bicyclic) bond motifs is 1. The smallest absolute Gasteiger partial charge is 0.261 e. The molecule has 4 rings (SSSR count). The highest BCUT2D eigenvalue weighted by atomic mass is 35.5. The summed E-state index contributed by atoms with van der Waals surface area (Å²) in [5.41, 5.74) is 1.82. The van der Waals surface area contributed by atoms with Crippen LogP contribution in [0.5, 0.6) is 11.5 Å². The summed E-state index contributed by atoms with van der Waals surface area (Å²) in [7, 11) is -3.83. The highest BCUT2D eigenvalue weighted by Gasteiger charge is 2.18. The summed E-state index contributed by atoms with van der Waals surface area (Å²) in [5.74, 6) is 0.774. The van der Waals surface area contributed by atoms with Crippen LogP contribution in [0.1, 0.15) is 15.9 Å². The van der Waals surface area contributed by atoms with Gasteiger partial charge in [0.25, 0.3) is 15.9 Å². The van der Waals surface area contributed by atoms with E-state index >= 15 is 0 Å². The van der Waals surface area contributed by atoms with Crippen LogP contribution in [0.2, 0.25) is 5.02 Å². The molecule has 0 radical (unpaired) electrons. The van der Waals surface area contributed by atoms with E-state index in [4.69, 9.17) is 21.1 Å². The SMILES string of the molecule is Cc1ccc(C(=O)Nc2ccc3c(c2)OCO3)cc1NS(=O)(=O)c1ccc(Cl)cc1. The fourth-order valence-corrected chi connectivity index (χ4v) is 4.12. The van der Waals surface area contributed by atoms with Gasteiger partial charge < -0.3 is 14.8 Å². The number of carbonyl (C=O) groups is 1. The standard InChI is InChI=1S/C21H17ClN2O5S/c1-13-2-3-14(21(25)23-16-6-9-19-20(11-16)29-12-28-19)10-18(13)24-30(26,27)17-7-4-15(22)5-8-17/h2-11,24H,12H2,1H3,(H,23,25). The van der Waals surface area contributed by atoms with Gasteiger partial charge in [0.15, 0.2) is 11.5 Å². The molecule has 0 fully saturated rings. The molecule has 0 unspecified atom stereocenters. The number of rotatable bonds is 5. The summed E-state index contributed by atoms with van der Waals surface area (Å²) in [5, 5.41) is 3.21. The number of ether oxygens (including phenoxy) is 2. The Labute approximate surface area is 178 Å². The Morgan fingerprint density at radius 1 is 0.967 bits per heavy atom. The van der Waals surface area contributed by atoms with Crippen LogP contribution in [0.4, 0.5) is 11.4 Å². The number of carbonyl (C=O) groups excluding carboxylic acids is 1. The van der Waals surface area contributed by atoms with E-state index in [9.17, 15) is 13.2 Å². The van der Waals surface area contributed by atoms with Crippen molar-refractivity contribution in [1.29, 1.82) is 0 Å². The van der Waals surface area contributed by atoms with Crippen molar-refractivity contribution in [2.45, 2.75) is 11.8 Å². The van der Waals surface area contributed by atoms with Gasteiger partial charge in [0.05, 0.1) is 10.6 Å². The zero-order valence-electron chi connectivity index (χ0n) is 15.8. The lowest BCUT2D eigenvalue weighted by Gasteiger charge is -2.13. The van der Waals surface area contributed by atoms with Crippen LogP contribution in [-0.2, 0) is 10.0 Å². The second-order valence-corrected chi connectivity index (χ2v) is 8.73. The molecule has 154 valence electrons. The lowest BCUT2D eigenvalue weighted by atomic mass is 10.1. The fourth-order valence-electron chi connectivity index (χ4n) is 2.87. The maximum absolute atomic E-state index is 12.7. The minimum atomic E-state index is -3.83. The highest BCUT2D eigenvalue weighted by molar-refractivity contribution is 7.92. The molecule has 7 nitrogen and oxygen atoms in total. The van der Waals surface area contributed by atoms with Gasteiger partial charge in [-0.3, -0.25) is 9.52 Å². The van der Waals surface area contributed by atoms with Crippen LogP contribution >= 0.6 is 11.6 Å².